The van der Waals surface area contributed by atoms with Crippen LogP contribution in [-0.2, 0) is 11.2 Å². The fourth-order valence-corrected chi connectivity index (χ4v) is 1.21. The van der Waals surface area contributed by atoms with Crippen molar-refractivity contribution in [2.75, 3.05) is 0 Å². The Kier molecular flexibility index (Phi) is 3.59. The van der Waals surface area contributed by atoms with Gasteiger partial charge < -0.3 is 10.2 Å². The number of carboxylic acid groups (broad SMARTS) is 1. The van der Waals surface area contributed by atoms with E-state index < -0.39 is 12.1 Å². The van der Waals surface area contributed by atoms with E-state index >= 15 is 0 Å². The Balaban J connectivity index is 2.55. The number of hydrogen-bond donors (Lipinski definition) is 2. The number of aliphatic hydroxyl groups is 1. The molecule has 0 radical (unpaired) electrons. The van der Waals surface area contributed by atoms with Crippen molar-refractivity contribution in [3.05, 3.63) is 35.6 Å². The molecule has 2 N–H and O–H groups in total. The second-order valence-corrected chi connectivity index (χ2v) is 3.09. The number of halogens is 1. The number of benzene rings is 1. The molecule has 0 spiro atoms. The van der Waals surface area contributed by atoms with E-state index in [0.717, 1.165) is 0 Å². The number of carbonyl (C=O) groups is 1. The normalized spacial score (nSPS) is 12.4. The molecule has 0 aliphatic carbocycles. The van der Waals surface area contributed by atoms with Crippen LogP contribution >= 0.6 is 0 Å². The number of aliphatic hydroxyl groups excluding tert-OH is 1. The van der Waals surface area contributed by atoms with Gasteiger partial charge in [0.05, 0.1) is 12.5 Å². The smallest absolute Gasteiger partial charge is 0.305 e. The van der Waals surface area contributed by atoms with Crippen molar-refractivity contribution in [3.8, 4) is 0 Å². The van der Waals surface area contributed by atoms with Crippen molar-refractivity contribution < 1.29 is 19.4 Å². The van der Waals surface area contributed by atoms with Gasteiger partial charge >= 0.3 is 5.97 Å². The van der Waals surface area contributed by atoms with Gasteiger partial charge in [-0.2, -0.15) is 0 Å². The number of carboxylic acids is 1. The largest absolute Gasteiger partial charge is 0.481 e. The zero-order valence-corrected chi connectivity index (χ0v) is 7.48. The molecular weight excluding hydrogens is 187 g/mol. The maximum atomic E-state index is 12.7. The zero-order valence-electron chi connectivity index (χ0n) is 7.48. The number of hydrogen-bond acceptors (Lipinski definition) is 2. The SMILES string of the molecule is O=C(O)C[C@@H](O)Cc1cccc(F)c1. The van der Waals surface area contributed by atoms with Crippen LogP contribution in [0, 0.1) is 5.82 Å². The molecule has 3 nitrogen and oxygen atoms in total. The molecule has 0 aliphatic heterocycles. The van der Waals surface area contributed by atoms with E-state index in [2.05, 4.69) is 0 Å². The van der Waals surface area contributed by atoms with E-state index in [9.17, 15) is 14.3 Å². The van der Waals surface area contributed by atoms with Gasteiger partial charge in [-0.05, 0) is 24.1 Å². The fourth-order valence-electron chi connectivity index (χ4n) is 1.21. The second kappa shape index (κ2) is 4.72. The van der Waals surface area contributed by atoms with Gasteiger partial charge in [0.1, 0.15) is 5.82 Å². The summed E-state index contributed by atoms with van der Waals surface area (Å²) in [6, 6.07) is 5.75. The second-order valence-electron chi connectivity index (χ2n) is 3.09. The summed E-state index contributed by atoms with van der Waals surface area (Å²) in [6.45, 7) is 0. The minimum Gasteiger partial charge on any atom is -0.481 e. The van der Waals surface area contributed by atoms with Gasteiger partial charge in [0.2, 0.25) is 0 Å². The van der Waals surface area contributed by atoms with E-state index in [0.29, 0.717) is 5.56 Å². The van der Waals surface area contributed by atoms with Gasteiger partial charge in [-0.15, -0.1) is 0 Å². The lowest BCUT2D eigenvalue weighted by atomic mass is 10.1. The average Bonchev–Trinajstić information content (AvgIpc) is 2.01. The quantitative estimate of drug-likeness (QED) is 0.764. The first-order chi connectivity index (χ1) is 6.58. The van der Waals surface area contributed by atoms with Gasteiger partial charge in [0, 0.05) is 0 Å². The first kappa shape index (κ1) is 10.7. The summed E-state index contributed by atoms with van der Waals surface area (Å²) >= 11 is 0. The van der Waals surface area contributed by atoms with E-state index in [-0.39, 0.29) is 18.7 Å². The van der Waals surface area contributed by atoms with Gasteiger partial charge in [0.25, 0.3) is 0 Å². The summed E-state index contributed by atoms with van der Waals surface area (Å²) in [7, 11) is 0. The molecule has 0 saturated carbocycles. The van der Waals surface area contributed by atoms with Crippen LogP contribution in [0.2, 0.25) is 0 Å². The minimum absolute atomic E-state index is 0.157. The summed E-state index contributed by atoms with van der Waals surface area (Å²) in [5.41, 5.74) is 0.596. The Bertz CT molecular complexity index is 325. The lowest BCUT2D eigenvalue weighted by Gasteiger charge is -2.07. The number of aliphatic carboxylic acids is 1. The van der Waals surface area contributed by atoms with Gasteiger partial charge in [0.15, 0.2) is 0 Å². The van der Waals surface area contributed by atoms with E-state index in [4.69, 9.17) is 5.11 Å². The first-order valence-electron chi connectivity index (χ1n) is 4.22. The molecule has 0 fully saturated rings. The molecule has 1 aromatic rings. The van der Waals surface area contributed by atoms with Crippen LogP contribution in [0.4, 0.5) is 4.39 Å². The molecule has 14 heavy (non-hydrogen) atoms. The predicted molar refractivity (Wildman–Crippen MR) is 48.4 cm³/mol. The van der Waals surface area contributed by atoms with Crippen molar-refractivity contribution in [1.29, 1.82) is 0 Å². The molecule has 0 aliphatic rings. The molecule has 1 aromatic carbocycles. The Morgan fingerprint density at radius 2 is 2.21 bits per heavy atom. The first-order valence-corrected chi connectivity index (χ1v) is 4.22. The van der Waals surface area contributed by atoms with Crippen LogP contribution in [0.5, 0.6) is 0 Å². The molecule has 1 atom stereocenters. The van der Waals surface area contributed by atoms with Gasteiger partial charge in [-0.3, -0.25) is 4.79 Å². The molecular formula is C10H11FO3. The molecule has 0 saturated heterocycles. The molecule has 0 aromatic heterocycles. The summed E-state index contributed by atoms with van der Waals surface area (Å²) in [4.78, 5) is 10.2. The third kappa shape index (κ3) is 3.53. The standard InChI is InChI=1S/C10H11FO3/c11-8-3-1-2-7(4-8)5-9(12)6-10(13)14/h1-4,9,12H,5-6H2,(H,13,14)/t9-/m0/s1. The van der Waals surface area contributed by atoms with E-state index in [1.165, 1.54) is 18.2 Å². The Labute approximate surface area is 80.8 Å². The van der Waals surface area contributed by atoms with Crippen LogP contribution in [-0.4, -0.2) is 22.3 Å². The van der Waals surface area contributed by atoms with E-state index in [1.54, 1.807) is 6.07 Å². The predicted octanol–water partition coefficient (Wildman–Crippen LogP) is 1.20. The van der Waals surface area contributed by atoms with Crippen LogP contribution in [0.15, 0.2) is 24.3 Å². The summed E-state index contributed by atoms with van der Waals surface area (Å²) in [6.07, 6.45) is -1.13. The summed E-state index contributed by atoms with van der Waals surface area (Å²) < 4.78 is 12.7. The van der Waals surface area contributed by atoms with Gasteiger partial charge in [-0.25, -0.2) is 4.39 Å². The third-order valence-electron chi connectivity index (χ3n) is 1.77. The molecule has 4 heteroatoms. The maximum Gasteiger partial charge on any atom is 0.305 e. The summed E-state index contributed by atoms with van der Waals surface area (Å²) in [5.74, 6) is -1.45. The Morgan fingerprint density at radius 1 is 1.50 bits per heavy atom. The van der Waals surface area contributed by atoms with Crippen LogP contribution in [0.1, 0.15) is 12.0 Å². The maximum absolute atomic E-state index is 12.7. The number of rotatable bonds is 4. The lowest BCUT2D eigenvalue weighted by molar-refractivity contribution is -0.139. The van der Waals surface area contributed by atoms with Crippen molar-refractivity contribution >= 4 is 5.97 Å². The highest BCUT2D eigenvalue weighted by Crippen LogP contribution is 2.08. The molecule has 1 rings (SSSR count). The van der Waals surface area contributed by atoms with Crippen LogP contribution < -0.4 is 0 Å². The van der Waals surface area contributed by atoms with Crippen LogP contribution in [0.3, 0.4) is 0 Å². The molecule has 0 unspecified atom stereocenters. The van der Waals surface area contributed by atoms with Gasteiger partial charge in [-0.1, -0.05) is 12.1 Å². The minimum atomic E-state index is -1.06. The Morgan fingerprint density at radius 3 is 2.79 bits per heavy atom. The molecule has 0 amide bonds. The van der Waals surface area contributed by atoms with Crippen molar-refractivity contribution in [2.24, 2.45) is 0 Å². The highest BCUT2D eigenvalue weighted by Gasteiger charge is 2.10. The van der Waals surface area contributed by atoms with Crippen molar-refractivity contribution in [3.63, 3.8) is 0 Å². The molecule has 76 valence electrons. The highest BCUT2D eigenvalue weighted by molar-refractivity contribution is 5.67. The fraction of sp³-hybridized carbons (Fsp3) is 0.300. The lowest BCUT2D eigenvalue weighted by Crippen LogP contribution is -2.15. The average molecular weight is 198 g/mol. The molecule has 0 bridgehead atoms. The van der Waals surface area contributed by atoms with E-state index in [1.807, 2.05) is 0 Å². The van der Waals surface area contributed by atoms with Crippen LogP contribution in [0.25, 0.3) is 0 Å². The topological polar surface area (TPSA) is 57.5 Å². The van der Waals surface area contributed by atoms with Crippen molar-refractivity contribution in [1.82, 2.24) is 0 Å². The monoisotopic (exact) mass is 198 g/mol. The van der Waals surface area contributed by atoms with Crippen molar-refractivity contribution in [2.45, 2.75) is 18.9 Å². The zero-order chi connectivity index (χ0) is 10.6. The summed E-state index contributed by atoms with van der Waals surface area (Å²) in [5, 5.41) is 17.6. The highest BCUT2D eigenvalue weighted by atomic mass is 19.1. The molecule has 0 heterocycles. The third-order valence-corrected chi connectivity index (χ3v) is 1.77. The Hall–Kier alpha value is -1.42.